The van der Waals surface area contributed by atoms with Crippen molar-refractivity contribution in [3.8, 4) is 5.75 Å². The molecule has 1 N–H and O–H groups in total. The summed E-state index contributed by atoms with van der Waals surface area (Å²) in [7, 11) is 0. The van der Waals surface area contributed by atoms with Crippen molar-refractivity contribution in [2.45, 2.75) is 13.2 Å². The van der Waals surface area contributed by atoms with Crippen LogP contribution in [0.2, 0.25) is 0 Å². The molecule has 0 fully saturated rings. The predicted octanol–water partition coefficient (Wildman–Crippen LogP) is 2.94. The van der Waals surface area contributed by atoms with Crippen molar-refractivity contribution < 1.29 is 23.5 Å². The van der Waals surface area contributed by atoms with Crippen molar-refractivity contribution in [2.75, 3.05) is 0 Å². The Morgan fingerprint density at radius 1 is 1.19 bits per heavy atom. The monoisotopic (exact) mass is 295 g/mol. The summed E-state index contributed by atoms with van der Waals surface area (Å²) < 4.78 is 32.1. The fraction of sp³-hybridized carbons (Fsp3) is 0.143. The Morgan fingerprint density at radius 3 is 2.43 bits per heavy atom. The number of rotatable bonds is 5. The van der Waals surface area contributed by atoms with E-state index in [1.165, 1.54) is 24.3 Å². The molecule has 0 amide bonds. The van der Waals surface area contributed by atoms with E-state index in [0.717, 1.165) is 12.1 Å². The van der Waals surface area contributed by atoms with Crippen LogP contribution in [-0.4, -0.2) is 10.0 Å². The normalized spacial score (nSPS) is 10.4. The third-order valence-corrected chi connectivity index (χ3v) is 2.84. The van der Waals surface area contributed by atoms with Gasteiger partial charge in [0.25, 0.3) is 0 Å². The number of hydrogen-bond donors (Lipinski definition) is 1. The summed E-state index contributed by atoms with van der Waals surface area (Å²) in [5, 5.41) is 19.9. The summed E-state index contributed by atoms with van der Waals surface area (Å²) in [5.74, 6) is -1.75. The minimum Gasteiger partial charge on any atom is -0.482 e. The lowest BCUT2D eigenvalue weighted by molar-refractivity contribution is -0.386. The molecule has 110 valence electrons. The van der Waals surface area contributed by atoms with E-state index in [-0.39, 0.29) is 23.6 Å². The van der Waals surface area contributed by atoms with Gasteiger partial charge in [0.2, 0.25) is 0 Å². The lowest BCUT2D eigenvalue weighted by atomic mass is 10.2. The Morgan fingerprint density at radius 2 is 1.86 bits per heavy atom. The maximum atomic E-state index is 13.5. The third kappa shape index (κ3) is 3.32. The molecule has 0 bridgehead atoms. The molecule has 2 aromatic rings. The van der Waals surface area contributed by atoms with Crippen LogP contribution < -0.4 is 4.74 Å². The smallest absolute Gasteiger partial charge is 0.310 e. The third-order valence-electron chi connectivity index (χ3n) is 2.84. The van der Waals surface area contributed by atoms with Crippen LogP contribution in [-0.2, 0) is 13.2 Å². The second-order valence-corrected chi connectivity index (χ2v) is 4.21. The van der Waals surface area contributed by atoms with Gasteiger partial charge in [0.1, 0.15) is 18.2 Å². The van der Waals surface area contributed by atoms with E-state index < -0.39 is 23.2 Å². The van der Waals surface area contributed by atoms with Gasteiger partial charge in [-0.25, -0.2) is 8.78 Å². The lowest BCUT2D eigenvalue weighted by Gasteiger charge is -2.09. The maximum Gasteiger partial charge on any atom is 0.310 e. The highest BCUT2D eigenvalue weighted by Crippen LogP contribution is 2.29. The molecule has 7 heteroatoms. The van der Waals surface area contributed by atoms with E-state index in [9.17, 15) is 18.9 Å². The molecule has 2 rings (SSSR count). The van der Waals surface area contributed by atoms with Gasteiger partial charge in [-0.15, -0.1) is 0 Å². The second kappa shape index (κ2) is 6.27. The first-order valence-corrected chi connectivity index (χ1v) is 5.96. The van der Waals surface area contributed by atoms with Crippen LogP contribution in [0.4, 0.5) is 14.5 Å². The zero-order valence-electron chi connectivity index (χ0n) is 10.8. The molecule has 0 radical (unpaired) electrons. The van der Waals surface area contributed by atoms with E-state index >= 15 is 0 Å². The quantitative estimate of drug-likeness (QED) is 0.680. The number of ether oxygens (including phenoxy) is 1. The highest BCUT2D eigenvalue weighted by Gasteiger charge is 2.17. The van der Waals surface area contributed by atoms with Crippen molar-refractivity contribution in [2.24, 2.45) is 0 Å². The number of nitro benzene ring substituents is 1. The Kier molecular flexibility index (Phi) is 4.44. The van der Waals surface area contributed by atoms with Crippen LogP contribution in [0.5, 0.6) is 5.75 Å². The van der Waals surface area contributed by atoms with Crippen LogP contribution in [0.3, 0.4) is 0 Å². The van der Waals surface area contributed by atoms with Crippen molar-refractivity contribution in [3.05, 3.63) is 69.3 Å². The minimum absolute atomic E-state index is 0.158. The van der Waals surface area contributed by atoms with Gasteiger partial charge >= 0.3 is 5.69 Å². The molecule has 0 aliphatic heterocycles. The molecule has 0 heterocycles. The Balaban J connectivity index is 2.28. The number of aliphatic hydroxyl groups is 1. The summed E-state index contributed by atoms with van der Waals surface area (Å²) in [4.78, 5) is 10.2. The van der Waals surface area contributed by atoms with Crippen LogP contribution in [0.15, 0.2) is 36.4 Å². The fourth-order valence-electron chi connectivity index (χ4n) is 1.74. The Bertz CT molecular complexity index is 656. The first-order valence-electron chi connectivity index (χ1n) is 5.96. The van der Waals surface area contributed by atoms with Crippen LogP contribution in [0.1, 0.15) is 11.1 Å². The van der Waals surface area contributed by atoms with Crippen molar-refractivity contribution in [1.82, 2.24) is 0 Å². The topological polar surface area (TPSA) is 72.6 Å². The van der Waals surface area contributed by atoms with Gasteiger partial charge in [0.15, 0.2) is 5.75 Å². The summed E-state index contributed by atoms with van der Waals surface area (Å²) in [6, 6.07) is 7.15. The number of nitrogens with zero attached hydrogens (tertiary/aromatic N) is 1. The Hall–Kier alpha value is -2.54. The number of benzene rings is 2. The zero-order chi connectivity index (χ0) is 15.4. The summed E-state index contributed by atoms with van der Waals surface area (Å²) in [6.45, 7) is -0.823. The number of halogens is 2. The van der Waals surface area contributed by atoms with E-state index in [0.29, 0.717) is 5.56 Å². The average molecular weight is 295 g/mol. The van der Waals surface area contributed by atoms with E-state index in [2.05, 4.69) is 0 Å². The number of aliphatic hydroxyl groups excluding tert-OH is 1. The van der Waals surface area contributed by atoms with Gasteiger partial charge in [-0.05, 0) is 29.8 Å². The van der Waals surface area contributed by atoms with Gasteiger partial charge in [-0.2, -0.15) is 0 Å². The fourth-order valence-corrected chi connectivity index (χ4v) is 1.74. The van der Waals surface area contributed by atoms with Gasteiger partial charge in [-0.3, -0.25) is 10.1 Å². The van der Waals surface area contributed by atoms with Crippen molar-refractivity contribution >= 4 is 5.69 Å². The molecule has 0 aromatic heterocycles. The molecule has 0 aliphatic rings. The number of nitro groups is 1. The number of hydrogen-bond acceptors (Lipinski definition) is 4. The zero-order valence-corrected chi connectivity index (χ0v) is 10.8. The van der Waals surface area contributed by atoms with Gasteiger partial charge in [-0.1, -0.05) is 6.07 Å². The molecular formula is C14H11F2NO4. The maximum absolute atomic E-state index is 13.5. The molecule has 0 unspecified atom stereocenters. The first kappa shape index (κ1) is 14.9. The van der Waals surface area contributed by atoms with Crippen LogP contribution in [0, 0.1) is 21.7 Å². The summed E-state index contributed by atoms with van der Waals surface area (Å²) in [6.07, 6.45) is 0. The highest BCUT2D eigenvalue weighted by atomic mass is 19.1. The predicted molar refractivity (Wildman–Crippen MR) is 69.7 cm³/mol. The first-order chi connectivity index (χ1) is 10.0. The van der Waals surface area contributed by atoms with Crippen LogP contribution in [0.25, 0.3) is 0 Å². The molecule has 0 atom stereocenters. The lowest BCUT2D eigenvalue weighted by Crippen LogP contribution is -2.04. The SMILES string of the molecule is O=[N+]([O-])c1ccc(CO)cc1OCc1c(F)cccc1F. The molecule has 0 spiro atoms. The average Bonchev–Trinajstić information content (AvgIpc) is 2.46. The van der Waals surface area contributed by atoms with Crippen molar-refractivity contribution in [1.29, 1.82) is 0 Å². The standard InChI is InChI=1S/C14H11F2NO4/c15-11-2-1-3-12(16)10(11)8-21-14-6-9(7-18)4-5-13(14)17(19)20/h1-6,18H,7-8H2. The Labute approximate surface area is 118 Å². The molecule has 0 saturated heterocycles. The van der Waals surface area contributed by atoms with Crippen molar-refractivity contribution in [3.63, 3.8) is 0 Å². The van der Waals surface area contributed by atoms with Gasteiger partial charge in [0, 0.05) is 6.07 Å². The van der Waals surface area contributed by atoms with Gasteiger partial charge in [0.05, 0.1) is 17.1 Å². The highest BCUT2D eigenvalue weighted by molar-refractivity contribution is 5.48. The molecular weight excluding hydrogens is 284 g/mol. The van der Waals surface area contributed by atoms with E-state index in [1.807, 2.05) is 0 Å². The van der Waals surface area contributed by atoms with E-state index in [4.69, 9.17) is 9.84 Å². The molecule has 0 aliphatic carbocycles. The second-order valence-electron chi connectivity index (χ2n) is 4.21. The molecule has 21 heavy (non-hydrogen) atoms. The minimum atomic E-state index is -0.795. The van der Waals surface area contributed by atoms with Gasteiger partial charge < -0.3 is 9.84 Å². The summed E-state index contributed by atoms with van der Waals surface area (Å²) in [5.41, 5.74) is -0.269. The molecule has 5 nitrogen and oxygen atoms in total. The van der Waals surface area contributed by atoms with E-state index in [1.54, 1.807) is 0 Å². The van der Waals surface area contributed by atoms with Crippen LogP contribution >= 0.6 is 0 Å². The summed E-state index contributed by atoms with van der Waals surface area (Å²) >= 11 is 0. The molecule has 0 saturated carbocycles. The molecule has 2 aromatic carbocycles. The largest absolute Gasteiger partial charge is 0.482 e.